The van der Waals surface area contributed by atoms with Gasteiger partial charge in [-0.05, 0) is 43.0 Å². The summed E-state index contributed by atoms with van der Waals surface area (Å²) < 4.78 is 11.4. The Balaban J connectivity index is 1.46. The normalized spacial score (nSPS) is 15.3. The summed E-state index contributed by atoms with van der Waals surface area (Å²) >= 11 is 0. The van der Waals surface area contributed by atoms with Crippen LogP contribution in [-0.2, 0) is 11.2 Å². The topological polar surface area (TPSA) is 105 Å². The molecule has 0 spiro atoms. The van der Waals surface area contributed by atoms with E-state index in [1.54, 1.807) is 12.1 Å². The minimum absolute atomic E-state index is 0.0781. The smallest absolute Gasteiger partial charge is 0.305 e. The van der Waals surface area contributed by atoms with Gasteiger partial charge >= 0.3 is 5.91 Å². The van der Waals surface area contributed by atoms with Crippen molar-refractivity contribution in [3.8, 4) is 5.75 Å². The van der Waals surface area contributed by atoms with Gasteiger partial charge in [0.2, 0.25) is 0 Å². The molecule has 8 nitrogen and oxygen atoms in total. The van der Waals surface area contributed by atoms with Gasteiger partial charge in [0.15, 0.2) is 12.4 Å². The second kappa shape index (κ2) is 9.82. The summed E-state index contributed by atoms with van der Waals surface area (Å²) in [5.74, 6) is 0.414. The SMILES string of the molecule is Cc1c(C(=O)NNC(=O)COc2ccccc2)oc2c1/C(=N\Nc1ccccc1)CC(C)(C)C2. The number of para-hydroxylation sites is 2. The number of amides is 2. The lowest BCUT2D eigenvalue weighted by atomic mass is 9.75. The van der Waals surface area contributed by atoms with Crippen LogP contribution in [0.5, 0.6) is 5.75 Å². The number of furan rings is 1. The fraction of sp³-hybridized carbons (Fsp3) is 0.269. The molecule has 0 bridgehead atoms. The van der Waals surface area contributed by atoms with Gasteiger partial charge in [0, 0.05) is 17.5 Å². The maximum atomic E-state index is 12.8. The van der Waals surface area contributed by atoms with Crippen LogP contribution in [0.4, 0.5) is 5.69 Å². The van der Waals surface area contributed by atoms with E-state index in [0.29, 0.717) is 23.5 Å². The summed E-state index contributed by atoms with van der Waals surface area (Å²) in [4.78, 5) is 24.9. The van der Waals surface area contributed by atoms with E-state index in [0.717, 1.165) is 23.4 Å². The van der Waals surface area contributed by atoms with Gasteiger partial charge in [-0.1, -0.05) is 50.2 Å². The van der Waals surface area contributed by atoms with Gasteiger partial charge in [-0.25, -0.2) is 0 Å². The number of carbonyl (C=O) groups is 2. The number of hydrazone groups is 1. The van der Waals surface area contributed by atoms with Gasteiger partial charge in [0.25, 0.3) is 5.91 Å². The molecule has 176 valence electrons. The number of hydrogen-bond donors (Lipinski definition) is 3. The molecule has 1 aromatic heterocycles. The Bertz CT molecular complexity index is 1200. The Morgan fingerprint density at radius 1 is 1.00 bits per heavy atom. The second-order valence-corrected chi connectivity index (χ2v) is 9.01. The monoisotopic (exact) mass is 460 g/mol. The summed E-state index contributed by atoms with van der Waals surface area (Å²) in [6.45, 7) is 5.87. The maximum absolute atomic E-state index is 12.8. The predicted octanol–water partition coefficient (Wildman–Crippen LogP) is 4.22. The highest BCUT2D eigenvalue weighted by atomic mass is 16.5. The molecule has 4 rings (SSSR count). The molecule has 2 amide bonds. The number of hydrogen-bond acceptors (Lipinski definition) is 6. The average Bonchev–Trinajstić information content (AvgIpc) is 3.16. The summed E-state index contributed by atoms with van der Waals surface area (Å²) in [6, 6.07) is 18.6. The molecule has 1 aliphatic rings. The van der Waals surface area contributed by atoms with Gasteiger partial charge in [0.1, 0.15) is 11.5 Å². The zero-order valence-electron chi connectivity index (χ0n) is 19.5. The molecule has 0 atom stereocenters. The second-order valence-electron chi connectivity index (χ2n) is 9.01. The number of anilines is 1. The van der Waals surface area contributed by atoms with Crippen molar-refractivity contribution in [3.63, 3.8) is 0 Å². The third-order valence-electron chi connectivity index (χ3n) is 5.52. The largest absolute Gasteiger partial charge is 0.484 e. The number of nitrogens with zero attached hydrogens (tertiary/aromatic N) is 1. The molecule has 0 saturated carbocycles. The quantitative estimate of drug-likeness (QED) is 0.478. The van der Waals surface area contributed by atoms with E-state index in [9.17, 15) is 9.59 Å². The summed E-state index contributed by atoms with van der Waals surface area (Å²) in [6.07, 6.45) is 1.41. The molecule has 8 heteroatoms. The lowest BCUT2D eigenvalue weighted by Crippen LogP contribution is -2.43. The molecular formula is C26H28N4O4. The predicted molar refractivity (Wildman–Crippen MR) is 130 cm³/mol. The zero-order valence-corrected chi connectivity index (χ0v) is 19.5. The third kappa shape index (κ3) is 5.46. The number of ether oxygens (including phenoxy) is 1. The van der Waals surface area contributed by atoms with Crippen molar-refractivity contribution in [1.82, 2.24) is 10.9 Å². The standard InChI is InChI=1S/C26H28N4O4/c1-17-23-20(28-27-18-10-6-4-7-11-18)14-26(2,3)15-21(23)34-24(17)25(32)30-29-22(31)16-33-19-12-8-5-9-13-19/h4-13,27H,14-16H2,1-3H3,(H,29,31)(H,30,32)/b28-20-. The van der Waals surface area contributed by atoms with E-state index in [-0.39, 0.29) is 17.8 Å². The van der Waals surface area contributed by atoms with Crippen LogP contribution in [0.2, 0.25) is 0 Å². The molecule has 0 unspecified atom stereocenters. The van der Waals surface area contributed by atoms with E-state index >= 15 is 0 Å². The molecule has 3 N–H and O–H groups in total. The van der Waals surface area contributed by atoms with Gasteiger partial charge in [0.05, 0.1) is 11.4 Å². The van der Waals surface area contributed by atoms with Crippen molar-refractivity contribution in [3.05, 3.63) is 83.3 Å². The van der Waals surface area contributed by atoms with Gasteiger partial charge < -0.3 is 9.15 Å². The minimum atomic E-state index is -0.534. The number of fused-ring (bicyclic) bond motifs is 1. The number of nitrogens with one attached hydrogen (secondary N) is 3. The van der Waals surface area contributed by atoms with E-state index < -0.39 is 11.8 Å². The van der Waals surface area contributed by atoms with Crippen LogP contribution in [0.25, 0.3) is 0 Å². The Morgan fingerprint density at radius 2 is 1.68 bits per heavy atom. The number of benzene rings is 2. The van der Waals surface area contributed by atoms with Gasteiger partial charge in [-0.2, -0.15) is 5.10 Å². The van der Waals surface area contributed by atoms with E-state index in [2.05, 4.69) is 35.2 Å². The summed E-state index contributed by atoms with van der Waals surface area (Å²) in [7, 11) is 0. The summed E-state index contributed by atoms with van der Waals surface area (Å²) in [5, 5.41) is 4.64. The van der Waals surface area contributed by atoms with Gasteiger partial charge in [-0.15, -0.1) is 0 Å². The first kappa shape index (κ1) is 23.1. The highest BCUT2D eigenvalue weighted by Crippen LogP contribution is 2.39. The van der Waals surface area contributed by atoms with E-state index in [1.807, 2.05) is 55.5 Å². The first-order valence-corrected chi connectivity index (χ1v) is 11.1. The lowest BCUT2D eigenvalue weighted by molar-refractivity contribution is -0.123. The van der Waals surface area contributed by atoms with Crippen LogP contribution in [0.3, 0.4) is 0 Å². The van der Waals surface area contributed by atoms with E-state index in [1.165, 1.54) is 0 Å². The van der Waals surface area contributed by atoms with Crippen molar-refractivity contribution in [2.24, 2.45) is 10.5 Å². The van der Waals surface area contributed by atoms with Crippen molar-refractivity contribution >= 4 is 23.2 Å². The minimum Gasteiger partial charge on any atom is -0.484 e. The Hall–Kier alpha value is -4.07. The molecule has 34 heavy (non-hydrogen) atoms. The van der Waals surface area contributed by atoms with Crippen LogP contribution in [0.15, 0.2) is 70.2 Å². The zero-order chi connectivity index (χ0) is 24.1. The molecule has 1 aliphatic carbocycles. The van der Waals surface area contributed by atoms with Crippen LogP contribution in [0.1, 0.15) is 47.7 Å². The van der Waals surface area contributed by atoms with Crippen LogP contribution < -0.4 is 21.0 Å². The average molecular weight is 461 g/mol. The van der Waals surface area contributed by atoms with Crippen molar-refractivity contribution < 1.29 is 18.7 Å². The lowest BCUT2D eigenvalue weighted by Gasteiger charge is -2.29. The van der Waals surface area contributed by atoms with Crippen LogP contribution in [-0.4, -0.2) is 24.1 Å². The van der Waals surface area contributed by atoms with Crippen molar-refractivity contribution in [1.29, 1.82) is 0 Å². The van der Waals surface area contributed by atoms with Crippen molar-refractivity contribution in [2.75, 3.05) is 12.0 Å². The molecule has 2 aromatic carbocycles. The fourth-order valence-corrected chi connectivity index (χ4v) is 3.96. The van der Waals surface area contributed by atoms with Gasteiger partial charge in [-0.3, -0.25) is 25.9 Å². The molecule has 3 aromatic rings. The fourth-order valence-electron chi connectivity index (χ4n) is 3.96. The Kier molecular flexibility index (Phi) is 6.67. The molecule has 0 saturated heterocycles. The van der Waals surface area contributed by atoms with E-state index in [4.69, 9.17) is 9.15 Å². The molecule has 0 radical (unpaired) electrons. The molecule has 0 aliphatic heterocycles. The number of rotatable bonds is 6. The Morgan fingerprint density at radius 3 is 2.38 bits per heavy atom. The molecule has 1 heterocycles. The molecular weight excluding hydrogens is 432 g/mol. The van der Waals surface area contributed by atoms with Crippen molar-refractivity contribution in [2.45, 2.75) is 33.6 Å². The van der Waals surface area contributed by atoms with Crippen LogP contribution in [0, 0.1) is 12.3 Å². The third-order valence-corrected chi connectivity index (χ3v) is 5.52. The first-order chi connectivity index (χ1) is 16.3. The first-order valence-electron chi connectivity index (χ1n) is 11.1. The highest BCUT2D eigenvalue weighted by molar-refractivity contribution is 6.07. The number of hydrazine groups is 1. The van der Waals surface area contributed by atoms with Crippen LogP contribution >= 0.6 is 0 Å². The number of carbonyl (C=O) groups excluding carboxylic acids is 2. The Labute approximate surface area is 198 Å². The maximum Gasteiger partial charge on any atom is 0.305 e. The summed E-state index contributed by atoms with van der Waals surface area (Å²) in [5.41, 5.74) is 11.0. The molecule has 0 fully saturated rings. The highest BCUT2D eigenvalue weighted by Gasteiger charge is 2.36.